The van der Waals surface area contributed by atoms with Gasteiger partial charge in [0.15, 0.2) is 0 Å². The van der Waals surface area contributed by atoms with E-state index in [-0.39, 0.29) is 0 Å². The van der Waals surface area contributed by atoms with Gasteiger partial charge in [0.2, 0.25) is 0 Å². The number of pyridine rings is 1. The van der Waals surface area contributed by atoms with Crippen LogP contribution in [-0.2, 0) is 0 Å². The fourth-order valence-corrected chi connectivity index (χ4v) is 1.35. The summed E-state index contributed by atoms with van der Waals surface area (Å²) >= 11 is 0. The molecule has 2 heteroatoms. The van der Waals surface area contributed by atoms with Gasteiger partial charge in [-0.1, -0.05) is 6.58 Å². The zero-order valence-electron chi connectivity index (χ0n) is 8.03. The largest absolute Gasteiger partial charge is 0.456 e. The van der Waals surface area contributed by atoms with Gasteiger partial charge in [0.1, 0.15) is 11.5 Å². The Balaban J connectivity index is 2.48. The molecule has 0 saturated heterocycles. The molecule has 0 aliphatic heterocycles. The van der Waals surface area contributed by atoms with Crippen LogP contribution >= 0.6 is 0 Å². The van der Waals surface area contributed by atoms with Gasteiger partial charge in [0, 0.05) is 18.0 Å². The van der Waals surface area contributed by atoms with E-state index in [9.17, 15) is 0 Å². The Morgan fingerprint density at radius 2 is 2.36 bits per heavy atom. The number of hydrogen-bond acceptors (Lipinski definition) is 2. The Bertz CT molecular complexity index is 443. The van der Waals surface area contributed by atoms with Crippen molar-refractivity contribution in [3.8, 4) is 11.3 Å². The predicted octanol–water partition coefficient (Wildman–Crippen LogP) is 3.29. The van der Waals surface area contributed by atoms with Gasteiger partial charge < -0.3 is 4.42 Å². The lowest BCUT2D eigenvalue weighted by Crippen LogP contribution is -1.74. The number of aromatic nitrogens is 1. The van der Waals surface area contributed by atoms with E-state index in [0.717, 1.165) is 22.6 Å². The quantitative estimate of drug-likeness (QED) is 0.717. The second-order valence-corrected chi connectivity index (χ2v) is 3.10. The summed E-state index contributed by atoms with van der Waals surface area (Å²) in [5.74, 6) is 1.66. The molecule has 0 spiro atoms. The van der Waals surface area contributed by atoms with Crippen LogP contribution in [0.1, 0.15) is 11.3 Å². The zero-order chi connectivity index (χ0) is 9.97. The number of rotatable bonds is 2. The van der Waals surface area contributed by atoms with Gasteiger partial charge in [-0.05, 0) is 36.8 Å². The first kappa shape index (κ1) is 8.75. The fraction of sp³-hybridized carbons (Fsp3) is 0.0833. The molecule has 0 saturated carbocycles. The van der Waals surface area contributed by atoms with Crippen LogP contribution in [0, 0.1) is 6.92 Å². The average molecular weight is 185 g/mol. The topological polar surface area (TPSA) is 26.0 Å². The van der Waals surface area contributed by atoms with Crippen LogP contribution in [0.2, 0.25) is 0 Å². The molecule has 0 amide bonds. The molecule has 14 heavy (non-hydrogen) atoms. The first-order valence-electron chi connectivity index (χ1n) is 4.44. The number of hydrogen-bond donors (Lipinski definition) is 0. The number of furan rings is 1. The van der Waals surface area contributed by atoms with Crippen LogP contribution in [0.3, 0.4) is 0 Å². The molecule has 2 aromatic rings. The molecule has 0 bridgehead atoms. The lowest BCUT2D eigenvalue weighted by Gasteiger charge is -1.93. The van der Waals surface area contributed by atoms with Crippen molar-refractivity contribution in [2.24, 2.45) is 0 Å². The molecule has 0 aliphatic rings. The third-order valence-electron chi connectivity index (χ3n) is 2.09. The van der Waals surface area contributed by atoms with Gasteiger partial charge in [-0.25, -0.2) is 0 Å². The first-order valence-corrected chi connectivity index (χ1v) is 4.44. The summed E-state index contributed by atoms with van der Waals surface area (Å²) in [6, 6.07) is 5.85. The Kier molecular flexibility index (Phi) is 2.19. The lowest BCUT2D eigenvalue weighted by molar-refractivity contribution is 0.569. The van der Waals surface area contributed by atoms with Crippen LogP contribution in [0.5, 0.6) is 0 Å². The standard InChI is InChI=1S/C12H11NO/c1-3-11-9(2)7-12(14-11)10-5-4-6-13-8-10/h3-8H,1H2,2H3. The minimum Gasteiger partial charge on any atom is -0.456 e. The molecule has 2 heterocycles. The summed E-state index contributed by atoms with van der Waals surface area (Å²) in [5.41, 5.74) is 2.09. The van der Waals surface area contributed by atoms with Crippen molar-refractivity contribution in [3.05, 3.63) is 48.5 Å². The van der Waals surface area contributed by atoms with Gasteiger partial charge in [-0.2, -0.15) is 0 Å². The average Bonchev–Trinajstić information content (AvgIpc) is 2.61. The van der Waals surface area contributed by atoms with Gasteiger partial charge in [-0.15, -0.1) is 0 Å². The molecular weight excluding hydrogens is 174 g/mol. The molecule has 0 aliphatic carbocycles. The number of aryl methyl sites for hydroxylation is 1. The van der Waals surface area contributed by atoms with Crippen LogP contribution in [0.15, 0.2) is 41.6 Å². The highest BCUT2D eigenvalue weighted by Crippen LogP contribution is 2.24. The molecule has 0 radical (unpaired) electrons. The SMILES string of the molecule is C=Cc1oc(-c2cccnc2)cc1C. The second-order valence-electron chi connectivity index (χ2n) is 3.10. The van der Waals surface area contributed by atoms with Gasteiger partial charge in [0.25, 0.3) is 0 Å². The van der Waals surface area contributed by atoms with Crippen molar-refractivity contribution >= 4 is 6.08 Å². The Hall–Kier alpha value is -1.83. The lowest BCUT2D eigenvalue weighted by atomic mass is 10.2. The predicted molar refractivity (Wildman–Crippen MR) is 56.8 cm³/mol. The van der Waals surface area contributed by atoms with E-state index in [1.54, 1.807) is 18.5 Å². The summed E-state index contributed by atoms with van der Waals surface area (Å²) in [6.07, 6.45) is 5.24. The highest BCUT2D eigenvalue weighted by atomic mass is 16.3. The summed E-state index contributed by atoms with van der Waals surface area (Å²) in [6.45, 7) is 5.69. The smallest absolute Gasteiger partial charge is 0.136 e. The molecule has 0 unspecified atom stereocenters. The van der Waals surface area contributed by atoms with Crippen LogP contribution < -0.4 is 0 Å². The molecule has 2 aromatic heterocycles. The second kappa shape index (κ2) is 3.50. The van der Waals surface area contributed by atoms with E-state index in [2.05, 4.69) is 11.6 Å². The normalized spacial score (nSPS) is 10.1. The molecule has 0 N–H and O–H groups in total. The summed E-state index contributed by atoms with van der Waals surface area (Å²) in [4.78, 5) is 4.04. The van der Waals surface area contributed by atoms with Crippen molar-refractivity contribution in [1.29, 1.82) is 0 Å². The third-order valence-corrected chi connectivity index (χ3v) is 2.09. The van der Waals surface area contributed by atoms with Crippen molar-refractivity contribution in [2.75, 3.05) is 0 Å². The molecule has 2 rings (SSSR count). The Labute approximate surface area is 82.9 Å². The monoisotopic (exact) mass is 185 g/mol. The maximum Gasteiger partial charge on any atom is 0.136 e. The molecule has 2 nitrogen and oxygen atoms in total. The minimum atomic E-state index is 0.823. The third kappa shape index (κ3) is 1.46. The summed E-state index contributed by atoms with van der Waals surface area (Å²) < 4.78 is 5.59. The van der Waals surface area contributed by atoms with E-state index < -0.39 is 0 Å². The molecule has 0 aromatic carbocycles. The van der Waals surface area contributed by atoms with Gasteiger partial charge in [-0.3, -0.25) is 4.98 Å². The summed E-state index contributed by atoms with van der Waals surface area (Å²) in [5, 5.41) is 0. The highest BCUT2D eigenvalue weighted by molar-refractivity contribution is 5.60. The maximum atomic E-state index is 5.59. The van der Waals surface area contributed by atoms with Crippen molar-refractivity contribution < 1.29 is 4.42 Å². The van der Waals surface area contributed by atoms with Gasteiger partial charge >= 0.3 is 0 Å². The van der Waals surface area contributed by atoms with Crippen molar-refractivity contribution in [2.45, 2.75) is 6.92 Å². The maximum absolute atomic E-state index is 5.59. The molecule has 70 valence electrons. The van der Waals surface area contributed by atoms with Crippen molar-refractivity contribution in [3.63, 3.8) is 0 Å². The Morgan fingerprint density at radius 1 is 1.50 bits per heavy atom. The van der Waals surface area contributed by atoms with E-state index in [4.69, 9.17) is 4.42 Å². The fourth-order valence-electron chi connectivity index (χ4n) is 1.35. The molecule has 0 fully saturated rings. The van der Waals surface area contributed by atoms with Crippen LogP contribution in [0.25, 0.3) is 17.4 Å². The first-order chi connectivity index (χ1) is 6.81. The molecular formula is C12H11NO. The van der Waals surface area contributed by atoms with Crippen LogP contribution in [-0.4, -0.2) is 4.98 Å². The van der Waals surface area contributed by atoms with E-state index in [1.165, 1.54) is 0 Å². The Morgan fingerprint density at radius 3 is 2.93 bits per heavy atom. The number of nitrogens with zero attached hydrogens (tertiary/aromatic N) is 1. The van der Waals surface area contributed by atoms with Crippen molar-refractivity contribution in [1.82, 2.24) is 4.98 Å². The highest BCUT2D eigenvalue weighted by Gasteiger charge is 2.06. The van der Waals surface area contributed by atoms with E-state index >= 15 is 0 Å². The van der Waals surface area contributed by atoms with Crippen LogP contribution in [0.4, 0.5) is 0 Å². The zero-order valence-corrected chi connectivity index (χ0v) is 8.03. The van der Waals surface area contributed by atoms with E-state index in [1.807, 2.05) is 25.1 Å². The van der Waals surface area contributed by atoms with Gasteiger partial charge in [0.05, 0.1) is 0 Å². The molecule has 0 atom stereocenters. The van der Waals surface area contributed by atoms with E-state index in [0.29, 0.717) is 0 Å². The minimum absolute atomic E-state index is 0.823. The summed E-state index contributed by atoms with van der Waals surface area (Å²) in [7, 11) is 0.